The minimum atomic E-state index is -0.933. The standard InChI is InChI=1S/C16H11BrF3NO4/c17-9-1-4-14(12(20)5-9)24-8-16(23)25-7-15(22)21-13-6-10(18)2-3-11(13)19/h1-6H,7-8H2,(H,21,22). The first-order chi connectivity index (χ1) is 11.8. The number of halogens is 4. The van der Waals surface area contributed by atoms with Crippen LogP contribution in [0.15, 0.2) is 40.9 Å². The molecule has 0 aliphatic heterocycles. The van der Waals surface area contributed by atoms with Gasteiger partial charge in [-0.05, 0) is 30.3 Å². The van der Waals surface area contributed by atoms with Gasteiger partial charge in [0, 0.05) is 10.5 Å². The number of ether oxygens (including phenoxy) is 2. The van der Waals surface area contributed by atoms with Crippen LogP contribution in [0.4, 0.5) is 18.9 Å². The molecule has 25 heavy (non-hydrogen) atoms. The molecule has 0 aliphatic rings. The van der Waals surface area contributed by atoms with Gasteiger partial charge in [-0.1, -0.05) is 15.9 Å². The van der Waals surface area contributed by atoms with Crippen LogP contribution in [0.2, 0.25) is 0 Å². The summed E-state index contributed by atoms with van der Waals surface area (Å²) < 4.78 is 49.9. The highest BCUT2D eigenvalue weighted by Gasteiger charge is 2.12. The van der Waals surface area contributed by atoms with Gasteiger partial charge in [0.25, 0.3) is 5.91 Å². The van der Waals surface area contributed by atoms with Crippen LogP contribution < -0.4 is 10.1 Å². The van der Waals surface area contributed by atoms with Gasteiger partial charge in [-0.15, -0.1) is 0 Å². The second-order valence-corrected chi connectivity index (χ2v) is 5.61. The first kappa shape index (κ1) is 18.8. The molecule has 1 N–H and O–H groups in total. The zero-order valence-corrected chi connectivity index (χ0v) is 14.1. The van der Waals surface area contributed by atoms with Crippen molar-refractivity contribution in [2.45, 2.75) is 0 Å². The van der Waals surface area contributed by atoms with Gasteiger partial charge < -0.3 is 14.8 Å². The van der Waals surface area contributed by atoms with E-state index in [0.717, 1.165) is 24.3 Å². The third-order valence-electron chi connectivity index (χ3n) is 2.81. The van der Waals surface area contributed by atoms with Crippen molar-refractivity contribution in [3.63, 3.8) is 0 Å². The Hall–Kier alpha value is -2.55. The van der Waals surface area contributed by atoms with Crippen LogP contribution >= 0.6 is 15.9 Å². The van der Waals surface area contributed by atoms with Crippen molar-refractivity contribution in [2.24, 2.45) is 0 Å². The summed E-state index contributed by atoms with van der Waals surface area (Å²) in [5.41, 5.74) is -0.380. The maximum atomic E-state index is 13.5. The van der Waals surface area contributed by atoms with E-state index >= 15 is 0 Å². The molecule has 0 spiro atoms. The highest BCUT2D eigenvalue weighted by atomic mass is 79.9. The van der Waals surface area contributed by atoms with Crippen molar-refractivity contribution in [1.82, 2.24) is 0 Å². The quantitative estimate of drug-likeness (QED) is 0.731. The van der Waals surface area contributed by atoms with E-state index in [1.54, 1.807) is 0 Å². The van der Waals surface area contributed by atoms with E-state index in [0.29, 0.717) is 4.47 Å². The summed E-state index contributed by atoms with van der Waals surface area (Å²) in [4.78, 5) is 23.0. The first-order valence-electron chi connectivity index (χ1n) is 6.83. The van der Waals surface area contributed by atoms with E-state index in [2.05, 4.69) is 26.0 Å². The Labute approximate surface area is 148 Å². The molecule has 0 radical (unpaired) electrons. The number of hydrogen-bond acceptors (Lipinski definition) is 4. The summed E-state index contributed by atoms with van der Waals surface area (Å²) in [7, 11) is 0. The predicted octanol–water partition coefficient (Wildman–Crippen LogP) is 3.43. The van der Waals surface area contributed by atoms with Crippen LogP contribution in [0.25, 0.3) is 0 Å². The van der Waals surface area contributed by atoms with E-state index in [4.69, 9.17) is 4.74 Å². The summed E-state index contributed by atoms with van der Waals surface area (Å²) in [5.74, 6) is -4.22. The second-order valence-electron chi connectivity index (χ2n) is 4.70. The van der Waals surface area contributed by atoms with Crippen LogP contribution in [0.5, 0.6) is 5.75 Å². The third-order valence-corrected chi connectivity index (χ3v) is 3.30. The van der Waals surface area contributed by atoms with Crippen molar-refractivity contribution in [3.8, 4) is 5.75 Å². The highest BCUT2D eigenvalue weighted by Crippen LogP contribution is 2.21. The lowest BCUT2D eigenvalue weighted by atomic mass is 10.3. The van der Waals surface area contributed by atoms with E-state index in [1.165, 1.54) is 12.1 Å². The van der Waals surface area contributed by atoms with Crippen LogP contribution in [-0.2, 0) is 14.3 Å². The minimum Gasteiger partial charge on any atom is -0.479 e. The number of nitrogens with one attached hydrogen (secondary N) is 1. The van der Waals surface area contributed by atoms with E-state index in [9.17, 15) is 22.8 Å². The topological polar surface area (TPSA) is 64.6 Å². The fourth-order valence-electron chi connectivity index (χ4n) is 1.70. The molecule has 2 aromatic rings. The smallest absolute Gasteiger partial charge is 0.344 e. The minimum absolute atomic E-state index is 0.161. The van der Waals surface area contributed by atoms with Crippen molar-refractivity contribution < 1.29 is 32.2 Å². The average molecular weight is 418 g/mol. The van der Waals surface area contributed by atoms with Crippen LogP contribution in [0.3, 0.4) is 0 Å². The fraction of sp³-hybridized carbons (Fsp3) is 0.125. The van der Waals surface area contributed by atoms with Crippen LogP contribution in [0.1, 0.15) is 0 Å². The number of esters is 1. The van der Waals surface area contributed by atoms with Gasteiger partial charge in [-0.3, -0.25) is 4.79 Å². The molecule has 0 bridgehead atoms. The molecule has 132 valence electrons. The van der Waals surface area contributed by atoms with Crippen LogP contribution in [-0.4, -0.2) is 25.1 Å². The molecule has 1 amide bonds. The molecule has 0 atom stereocenters. The van der Waals surface area contributed by atoms with E-state index < -0.39 is 42.5 Å². The summed E-state index contributed by atoms with van der Waals surface area (Å²) in [6, 6.07) is 6.51. The van der Waals surface area contributed by atoms with Crippen molar-refractivity contribution in [1.29, 1.82) is 0 Å². The Balaban J connectivity index is 1.79. The van der Waals surface area contributed by atoms with Crippen molar-refractivity contribution in [2.75, 3.05) is 18.5 Å². The number of rotatable bonds is 6. The Morgan fingerprint density at radius 3 is 2.48 bits per heavy atom. The molecule has 0 saturated carbocycles. The largest absolute Gasteiger partial charge is 0.479 e. The average Bonchev–Trinajstić information content (AvgIpc) is 2.55. The predicted molar refractivity (Wildman–Crippen MR) is 85.5 cm³/mol. The van der Waals surface area contributed by atoms with Gasteiger partial charge in [0.05, 0.1) is 5.69 Å². The molecule has 0 aliphatic carbocycles. The molecule has 0 aromatic heterocycles. The lowest BCUT2D eigenvalue weighted by Gasteiger charge is -2.09. The van der Waals surface area contributed by atoms with Crippen molar-refractivity contribution in [3.05, 3.63) is 58.3 Å². The molecule has 2 rings (SSSR count). The molecule has 0 unspecified atom stereocenters. The third kappa shape index (κ3) is 5.79. The van der Waals surface area contributed by atoms with Gasteiger partial charge in [0.15, 0.2) is 24.8 Å². The summed E-state index contributed by atoms with van der Waals surface area (Å²) >= 11 is 3.07. The molecule has 9 heteroatoms. The maximum absolute atomic E-state index is 13.5. The lowest BCUT2D eigenvalue weighted by molar-refractivity contribution is -0.149. The monoisotopic (exact) mass is 417 g/mol. The van der Waals surface area contributed by atoms with Gasteiger partial charge in [0.1, 0.15) is 11.6 Å². The van der Waals surface area contributed by atoms with Gasteiger partial charge in [-0.2, -0.15) is 0 Å². The van der Waals surface area contributed by atoms with Gasteiger partial charge >= 0.3 is 5.97 Å². The SMILES string of the molecule is O=C(COC(=O)COc1ccc(Br)cc1F)Nc1cc(F)ccc1F. The number of benzene rings is 2. The van der Waals surface area contributed by atoms with Crippen molar-refractivity contribution >= 4 is 33.5 Å². The molecule has 5 nitrogen and oxygen atoms in total. The molecule has 0 fully saturated rings. The van der Waals surface area contributed by atoms with Gasteiger partial charge in [-0.25, -0.2) is 18.0 Å². The number of hydrogen-bond donors (Lipinski definition) is 1. The maximum Gasteiger partial charge on any atom is 0.344 e. The first-order valence-corrected chi connectivity index (χ1v) is 7.63. The highest BCUT2D eigenvalue weighted by molar-refractivity contribution is 9.10. The lowest BCUT2D eigenvalue weighted by Crippen LogP contribution is -2.24. The van der Waals surface area contributed by atoms with E-state index in [-0.39, 0.29) is 11.4 Å². The zero-order chi connectivity index (χ0) is 18.4. The van der Waals surface area contributed by atoms with Crippen LogP contribution in [0, 0.1) is 17.5 Å². The number of amides is 1. The molecule has 0 saturated heterocycles. The normalized spacial score (nSPS) is 10.2. The van der Waals surface area contributed by atoms with E-state index in [1.807, 2.05) is 0 Å². The zero-order valence-electron chi connectivity index (χ0n) is 12.5. The second kappa shape index (κ2) is 8.52. The summed E-state index contributed by atoms with van der Waals surface area (Å²) in [6.45, 7) is -1.36. The Morgan fingerprint density at radius 1 is 1.00 bits per heavy atom. The molecule has 0 heterocycles. The summed E-state index contributed by atoms with van der Waals surface area (Å²) in [6.07, 6.45) is 0. The van der Waals surface area contributed by atoms with Gasteiger partial charge in [0.2, 0.25) is 0 Å². The Morgan fingerprint density at radius 2 is 1.76 bits per heavy atom. The number of carbonyl (C=O) groups excluding carboxylic acids is 2. The number of carbonyl (C=O) groups is 2. The molecular formula is C16H11BrF3NO4. The molecule has 2 aromatic carbocycles. The summed E-state index contributed by atoms with van der Waals surface area (Å²) in [5, 5.41) is 2.06. The molecular weight excluding hydrogens is 407 g/mol. The Bertz CT molecular complexity index is 801. The fourth-order valence-corrected chi connectivity index (χ4v) is 2.03. The Kier molecular flexibility index (Phi) is 6.40. The number of anilines is 1.